The summed E-state index contributed by atoms with van der Waals surface area (Å²) < 4.78 is 10.4. The third-order valence-corrected chi connectivity index (χ3v) is 3.84. The SMILES string of the molecule is CCC(C)C(=O)OCCN1C(=O)c2c(c3ccc2o3)C1=O. The number of ether oxygens (including phenoxy) is 1. The predicted octanol–water partition coefficient (Wildman–Crippen LogP) is 2.06. The topological polar surface area (TPSA) is 76.8 Å². The van der Waals surface area contributed by atoms with Gasteiger partial charge in [-0.15, -0.1) is 0 Å². The molecule has 3 rings (SSSR count). The first kappa shape index (κ1) is 13.6. The van der Waals surface area contributed by atoms with Crippen molar-refractivity contribution in [3.05, 3.63) is 23.3 Å². The fraction of sp³-hybridized carbons (Fsp3) is 0.400. The molecule has 6 heteroatoms. The lowest BCUT2D eigenvalue weighted by Gasteiger charge is -2.15. The average molecular weight is 289 g/mol. The van der Waals surface area contributed by atoms with Crippen LogP contribution in [-0.2, 0) is 9.53 Å². The summed E-state index contributed by atoms with van der Waals surface area (Å²) in [6, 6.07) is 3.34. The van der Waals surface area contributed by atoms with Gasteiger partial charge in [0.05, 0.1) is 23.6 Å². The first-order valence-electron chi connectivity index (χ1n) is 6.92. The zero-order chi connectivity index (χ0) is 15.1. The van der Waals surface area contributed by atoms with E-state index in [1.54, 1.807) is 19.1 Å². The molecule has 3 heterocycles. The number of rotatable bonds is 5. The first-order valence-corrected chi connectivity index (χ1v) is 6.92. The van der Waals surface area contributed by atoms with Crippen molar-refractivity contribution < 1.29 is 23.5 Å². The molecule has 0 saturated carbocycles. The number of hydrogen-bond acceptors (Lipinski definition) is 5. The number of carbonyl (C=O) groups excluding carboxylic acids is 3. The van der Waals surface area contributed by atoms with Gasteiger partial charge in [-0.2, -0.15) is 0 Å². The van der Waals surface area contributed by atoms with Crippen LogP contribution in [0.5, 0.6) is 0 Å². The van der Waals surface area contributed by atoms with Gasteiger partial charge in [0.2, 0.25) is 0 Å². The van der Waals surface area contributed by atoms with Crippen molar-refractivity contribution in [1.82, 2.24) is 4.90 Å². The summed E-state index contributed by atoms with van der Waals surface area (Å²) in [4.78, 5) is 37.1. The highest BCUT2D eigenvalue weighted by atomic mass is 16.5. The maximum absolute atomic E-state index is 12.2. The Hall–Kier alpha value is -2.37. The highest BCUT2D eigenvalue weighted by Gasteiger charge is 2.41. The van der Waals surface area contributed by atoms with Gasteiger partial charge >= 0.3 is 5.97 Å². The van der Waals surface area contributed by atoms with Gasteiger partial charge in [0, 0.05) is 0 Å². The number of amides is 2. The molecule has 0 N–H and O–H groups in total. The Labute approximate surface area is 121 Å². The zero-order valence-electron chi connectivity index (χ0n) is 11.8. The summed E-state index contributed by atoms with van der Waals surface area (Å²) in [6.45, 7) is 3.75. The summed E-state index contributed by atoms with van der Waals surface area (Å²) >= 11 is 0. The van der Waals surface area contributed by atoms with E-state index in [9.17, 15) is 14.4 Å². The highest BCUT2D eigenvalue weighted by Crippen LogP contribution is 2.35. The molecule has 1 atom stereocenters. The fourth-order valence-electron chi connectivity index (χ4n) is 2.39. The Kier molecular flexibility index (Phi) is 3.16. The van der Waals surface area contributed by atoms with Crippen LogP contribution >= 0.6 is 0 Å². The van der Waals surface area contributed by atoms with Gasteiger partial charge < -0.3 is 9.15 Å². The smallest absolute Gasteiger partial charge is 0.308 e. The van der Waals surface area contributed by atoms with Gasteiger partial charge in [-0.3, -0.25) is 19.3 Å². The van der Waals surface area contributed by atoms with Crippen molar-refractivity contribution in [1.29, 1.82) is 0 Å². The highest BCUT2D eigenvalue weighted by molar-refractivity contribution is 6.27. The average Bonchev–Trinajstić information content (AvgIpc) is 3.15. The van der Waals surface area contributed by atoms with Crippen LogP contribution in [0, 0.1) is 5.92 Å². The molecule has 1 aliphatic rings. The molecular formula is C15H15NO5. The van der Waals surface area contributed by atoms with Gasteiger partial charge in [-0.05, 0) is 18.6 Å². The van der Waals surface area contributed by atoms with Crippen LogP contribution in [0.25, 0.3) is 11.2 Å². The van der Waals surface area contributed by atoms with Crippen LogP contribution in [0.15, 0.2) is 16.5 Å². The van der Waals surface area contributed by atoms with Crippen molar-refractivity contribution in [3.8, 4) is 0 Å². The standard InChI is InChI=1S/C15H15NO5/c1-3-8(2)15(19)20-7-6-16-13(17)11-9-4-5-10(21-9)12(11)14(16)18/h4-5,8H,3,6-7H2,1-2H3. The molecule has 6 nitrogen and oxygen atoms in total. The number of hydrogen-bond donors (Lipinski definition) is 0. The molecule has 1 unspecified atom stereocenters. The Morgan fingerprint density at radius 1 is 1.24 bits per heavy atom. The van der Waals surface area contributed by atoms with Crippen LogP contribution in [-0.4, -0.2) is 35.8 Å². The molecule has 1 aliphatic heterocycles. The minimum atomic E-state index is -0.385. The first-order chi connectivity index (χ1) is 10.0. The molecule has 0 aromatic carbocycles. The van der Waals surface area contributed by atoms with E-state index in [1.807, 2.05) is 6.92 Å². The van der Waals surface area contributed by atoms with E-state index < -0.39 is 0 Å². The van der Waals surface area contributed by atoms with E-state index in [0.29, 0.717) is 28.7 Å². The minimum Gasteiger partial charge on any atom is -0.464 e. The molecule has 2 amide bonds. The Morgan fingerprint density at radius 2 is 1.81 bits per heavy atom. The van der Waals surface area contributed by atoms with Crippen LogP contribution in [0.2, 0.25) is 0 Å². The summed E-state index contributed by atoms with van der Waals surface area (Å²) in [6.07, 6.45) is 0.690. The lowest BCUT2D eigenvalue weighted by atomic mass is 10.1. The number of nitrogens with zero attached hydrogens (tertiary/aromatic N) is 1. The molecule has 21 heavy (non-hydrogen) atoms. The molecular weight excluding hydrogens is 274 g/mol. The largest absolute Gasteiger partial charge is 0.464 e. The van der Waals surface area contributed by atoms with Crippen LogP contribution in [0.3, 0.4) is 0 Å². The van der Waals surface area contributed by atoms with Gasteiger partial charge in [0.1, 0.15) is 17.8 Å². The van der Waals surface area contributed by atoms with Crippen molar-refractivity contribution in [2.24, 2.45) is 5.92 Å². The second kappa shape index (κ2) is 4.87. The number of benzene rings is 1. The summed E-state index contributed by atoms with van der Waals surface area (Å²) in [5.74, 6) is -1.27. The maximum atomic E-state index is 12.2. The van der Waals surface area contributed by atoms with E-state index >= 15 is 0 Å². The third-order valence-electron chi connectivity index (χ3n) is 3.84. The van der Waals surface area contributed by atoms with Crippen LogP contribution in [0.1, 0.15) is 41.0 Å². The van der Waals surface area contributed by atoms with E-state index in [4.69, 9.17) is 9.15 Å². The molecule has 2 bridgehead atoms. The van der Waals surface area contributed by atoms with E-state index in [0.717, 1.165) is 4.90 Å². The van der Waals surface area contributed by atoms with E-state index in [1.165, 1.54) is 0 Å². The van der Waals surface area contributed by atoms with E-state index in [-0.39, 0.29) is 36.9 Å². The minimum absolute atomic E-state index is 0.0141. The van der Waals surface area contributed by atoms with Gasteiger partial charge in [0.25, 0.3) is 11.8 Å². The molecule has 0 aliphatic carbocycles. The normalized spacial score (nSPS) is 15.8. The molecule has 0 saturated heterocycles. The predicted molar refractivity (Wildman–Crippen MR) is 73.2 cm³/mol. The number of fused-ring (bicyclic) bond motifs is 5. The quantitative estimate of drug-likeness (QED) is 0.622. The molecule has 110 valence electrons. The molecule has 2 aromatic rings. The van der Waals surface area contributed by atoms with Crippen molar-refractivity contribution in [2.75, 3.05) is 13.2 Å². The van der Waals surface area contributed by atoms with Gasteiger partial charge in [-0.25, -0.2) is 0 Å². The Balaban J connectivity index is 1.66. The number of esters is 1. The lowest BCUT2D eigenvalue weighted by Crippen LogP contribution is -2.34. The molecule has 0 radical (unpaired) electrons. The number of imide groups is 1. The van der Waals surface area contributed by atoms with Gasteiger partial charge in [-0.1, -0.05) is 13.8 Å². The Morgan fingerprint density at radius 3 is 2.33 bits per heavy atom. The third kappa shape index (κ3) is 1.98. The molecule has 0 fully saturated rings. The Bertz CT molecular complexity index is 672. The monoisotopic (exact) mass is 289 g/mol. The number of furan rings is 2. The van der Waals surface area contributed by atoms with Crippen LogP contribution < -0.4 is 0 Å². The second-order valence-corrected chi connectivity index (χ2v) is 5.15. The molecule has 0 spiro atoms. The van der Waals surface area contributed by atoms with Crippen molar-refractivity contribution >= 4 is 28.9 Å². The van der Waals surface area contributed by atoms with Crippen LogP contribution in [0.4, 0.5) is 0 Å². The lowest BCUT2D eigenvalue weighted by molar-refractivity contribution is -0.148. The summed E-state index contributed by atoms with van der Waals surface area (Å²) in [5.41, 5.74) is 1.51. The molecule has 2 aromatic heterocycles. The van der Waals surface area contributed by atoms with Crippen molar-refractivity contribution in [2.45, 2.75) is 20.3 Å². The van der Waals surface area contributed by atoms with Gasteiger partial charge in [0.15, 0.2) is 0 Å². The second-order valence-electron chi connectivity index (χ2n) is 5.15. The number of carbonyl (C=O) groups is 3. The summed E-state index contributed by atoms with van der Waals surface area (Å²) in [5, 5.41) is 0. The zero-order valence-corrected chi connectivity index (χ0v) is 11.8. The van der Waals surface area contributed by atoms with Crippen molar-refractivity contribution in [3.63, 3.8) is 0 Å². The fourth-order valence-corrected chi connectivity index (χ4v) is 2.39. The van der Waals surface area contributed by atoms with E-state index in [2.05, 4.69) is 0 Å². The maximum Gasteiger partial charge on any atom is 0.308 e. The summed E-state index contributed by atoms with van der Waals surface area (Å²) in [7, 11) is 0.